The van der Waals surface area contributed by atoms with Gasteiger partial charge in [0, 0.05) is 6.42 Å². The van der Waals surface area contributed by atoms with E-state index in [0.29, 0.717) is 6.42 Å². The highest BCUT2D eigenvalue weighted by molar-refractivity contribution is 5.93. The second kappa shape index (κ2) is 37.5. The second-order valence-electron chi connectivity index (χ2n) is 14.1. The summed E-state index contributed by atoms with van der Waals surface area (Å²) in [4.78, 5) is 24.0. The number of ketones is 1. The van der Waals surface area contributed by atoms with E-state index in [1.54, 1.807) is 0 Å². The molecule has 0 aromatic heterocycles. The Hall–Kier alpha value is -0.660. The number of rotatable bonds is 38. The summed E-state index contributed by atoms with van der Waals surface area (Å²) in [5.74, 6) is -0.134. The zero-order chi connectivity index (χ0) is 31.3. The lowest BCUT2D eigenvalue weighted by Gasteiger charge is -2.09. The Kier molecular flexibility index (Phi) is 37.0. The van der Waals surface area contributed by atoms with Gasteiger partial charge >= 0.3 is 0 Å². The van der Waals surface area contributed by atoms with Crippen LogP contribution in [0.2, 0.25) is 0 Å². The van der Waals surface area contributed by atoms with Crippen LogP contribution in [0.25, 0.3) is 0 Å². The monoisotopic (exact) mass is 605 g/mol. The van der Waals surface area contributed by atoms with Crippen LogP contribution in [0.15, 0.2) is 0 Å². The summed E-state index contributed by atoms with van der Waals surface area (Å²) in [7, 11) is 0. The third kappa shape index (κ3) is 34.1. The fourth-order valence-corrected chi connectivity index (χ4v) is 6.60. The lowest BCUT2D eigenvalue weighted by molar-refractivity contribution is -0.127. The molecule has 1 atom stereocenters. The lowest BCUT2D eigenvalue weighted by atomic mass is 9.94. The van der Waals surface area contributed by atoms with Crippen molar-refractivity contribution >= 4 is 12.1 Å². The molecule has 0 heterocycles. The molecule has 0 rings (SSSR count). The van der Waals surface area contributed by atoms with Crippen molar-refractivity contribution < 1.29 is 9.59 Å². The fraction of sp³-hybridized carbons (Fsp3) is 0.951. The van der Waals surface area contributed by atoms with E-state index in [-0.39, 0.29) is 11.7 Å². The van der Waals surface area contributed by atoms with E-state index in [0.717, 1.165) is 32.0 Å². The Labute approximate surface area is 272 Å². The molecule has 43 heavy (non-hydrogen) atoms. The molecule has 0 aliphatic rings. The van der Waals surface area contributed by atoms with E-state index < -0.39 is 0 Å². The van der Waals surface area contributed by atoms with Gasteiger partial charge in [-0.05, 0) is 12.8 Å². The van der Waals surface area contributed by atoms with E-state index in [2.05, 4.69) is 13.8 Å². The minimum atomic E-state index is -0.336. The van der Waals surface area contributed by atoms with Crippen molar-refractivity contribution in [2.24, 2.45) is 5.92 Å². The number of Topliss-reactive ketones (excluding diaryl/α,β-unsaturated/α-hetero) is 1. The van der Waals surface area contributed by atoms with E-state index in [4.69, 9.17) is 0 Å². The molecule has 0 saturated heterocycles. The van der Waals surface area contributed by atoms with Gasteiger partial charge in [0.05, 0.1) is 5.92 Å². The topological polar surface area (TPSA) is 34.1 Å². The molecular formula is C41H80O2. The Morgan fingerprint density at radius 1 is 0.372 bits per heavy atom. The quantitative estimate of drug-likeness (QED) is 0.0399. The lowest BCUT2D eigenvalue weighted by Crippen LogP contribution is -2.15. The first-order valence-corrected chi connectivity index (χ1v) is 20.2. The van der Waals surface area contributed by atoms with Crippen LogP contribution in [0.3, 0.4) is 0 Å². The molecule has 2 nitrogen and oxygen atoms in total. The van der Waals surface area contributed by atoms with Crippen molar-refractivity contribution in [3.05, 3.63) is 0 Å². The molecule has 256 valence electrons. The highest BCUT2D eigenvalue weighted by Gasteiger charge is 2.16. The Morgan fingerprint density at radius 3 is 0.860 bits per heavy atom. The van der Waals surface area contributed by atoms with E-state index in [1.165, 1.54) is 199 Å². The molecule has 0 saturated carbocycles. The summed E-state index contributed by atoms with van der Waals surface area (Å²) in [6.45, 7) is 4.58. The predicted molar refractivity (Wildman–Crippen MR) is 192 cm³/mol. The summed E-state index contributed by atoms with van der Waals surface area (Å²) in [6, 6.07) is 0. The first kappa shape index (κ1) is 42.3. The number of hydrogen-bond acceptors (Lipinski definition) is 2. The summed E-state index contributed by atoms with van der Waals surface area (Å²) in [5.41, 5.74) is 0. The van der Waals surface area contributed by atoms with Gasteiger partial charge < -0.3 is 4.79 Å². The van der Waals surface area contributed by atoms with E-state index in [1.807, 2.05) is 0 Å². The van der Waals surface area contributed by atoms with Crippen LogP contribution in [0.4, 0.5) is 0 Å². The Balaban J connectivity index is 3.38. The molecule has 0 spiro atoms. The van der Waals surface area contributed by atoms with Gasteiger partial charge in [-0.3, -0.25) is 4.79 Å². The maximum Gasteiger partial charge on any atom is 0.143 e. The zero-order valence-electron chi connectivity index (χ0n) is 29.9. The van der Waals surface area contributed by atoms with Gasteiger partial charge in [-0.25, -0.2) is 0 Å². The van der Waals surface area contributed by atoms with Gasteiger partial charge in [-0.1, -0.05) is 226 Å². The largest absolute Gasteiger partial charge is 0.303 e. The molecule has 0 aromatic carbocycles. The number of carbonyl (C=O) groups is 2. The van der Waals surface area contributed by atoms with Gasteiger partial charge in [0.2, 0.25) is 0 Å². The van der Waals surface area contributed by atoms with Crippen molar-refractivity contribution in [2.45, 2.75) is 245 Å². The van der Waals surface area contributed by atoms with Gasteiger partial charge in [0.1, 0.15) is 12.1 Å². The molecular weight excluding hydrogens is 524 g/mol. The highest BCUT2D eigenvalue weighted by Crippen LogP contribution is 2.18. The number of hydrogen-bond donors (Lipinski definition) is 0. The summed E-state index contributed by atoms with van der Waals surface area (Å²) in [5, 5.41) is 0. The molecule has 0 bridgehead atoms. The van der Waals surface area contributed by atoms with Crippen LogP contribution in [0.5, 0.6) is 0 Å². The smallest absolute Gasteiger partial charge is 0.143 e. The molecule has 0 amide bonds. The molecule has 0 aliphatic heterocycles. The van der Waals surface area contributed by atoms with Crippen LogP contribution in [0, 0.1) is 5.92 Å². The number of carbonyl (C=O) groups excluding carboxylic acids is 2. The standard InChI is InChI=1S/C41H80O2/c1-3-5-7-9-11-13-15-17-19-21-23-25-27-29-31-33-35-37-40(39-42)41(43)38-36-34-32-30-28-26-24-22-20-18-16-14-12-10-8-6-4-2/h39-40H,3-38H2,1-2H3. The zero-order valence-corrected chi connectivity index (χ0v) is 29.9. The molecule has 0 N–H and O–H groups in total. The molecule has 0 aliphatic carbocycles. The third-order valence-corrected chi connectivity index (χ3v) is 9.72. The Bertz CT molecular complexity index is 542. The third-order valence-electron chi connectivity index (χ3n) is 9.72. The first-order chi connectivity index (χ1) is 21.3. The van der Waals surface area contributed by atoms with E-state index in [9.17, 15) is 9.59 Å². The number of unbranched alkanes of at least 4 members (excludes halogenated alkanes) is 32. The SMILES string of the molecule is CCCCCCCCCCCCCCCCCCCC(=O)C(C=O)CCCCCCCCCCCCCCCCCCC. The molecule has 1 unspecified atom stereocenters. The average Bonchev–Trinajstić information content (AvgIpc) is 3.02. The van der Waals surface area contributed by atoms with Crippen LogP contribution in [-0.2, 0) is 9.59 Å². The van der Waals surface area contributed by atoms with Gasteiger partial charge in [-0.2, -0.15) is 0 Å². The predicted octanol–water partition coefficient (Wildman–Crippen LogP) is 14.5. The van der Waals surface area contributed by atoms with Gasteiger partial charge in [0.15, 0.2) is 0 Å². The minimum Gasteiger partial charge on any atom is -0.303 e. The van der Waals surface area contributed by atoms with Crippen LogP contribution < -0.4 is 0 Å². The second-order valence-corrected chi connectivity index (χ2v) is 14.1. The van der Waals surface area contributed by atoms with Crippen LogP contribution in [-0.4, -0.2) is 12.1 Å². The summed E-state index contributed by atoms with van der Waals surface area (Å²) >= 11 is 0. The molecule has 2 heteroatoms. The first-order valence-electron chi connectivity index (χ1n) is 20.2. The molecule has 0 aromatic rings. The molecule has 0 radical (unpaired) electrons. The van der Waals surface area contributed by atoms with Crippen molar-refractivity contribution in [1.82, 2.24) is 0 Å². The summed E-state index contributed by atoms with van der Waals surface area (Å²) < 4.78 is 0. The highest BCUT2D eigenvalue weighted by atomic mass is 16.1. The maximum absolute atomic E-state index is 12.5. The minimum absolute atomic E-state index is 0.201. The number of aldehydes is 1. The van der Waals surface area contributed by atoms with Crippen molar-refractivity contribution in [2.75, 3.05) is 0 Å². The van der Waals surface area contributed by atoms with Crippen LogP contribution in [0.1, 0.15) is 245 Å². The normalized spacial score (nSPS) is 12.1. The van der Waals surface area contributed by atoms with Crippen molar-refractivity contribution in [1.29, 1.82) is 0 Å². The van der Waals surface area contributed by atoms with Crippen molar-refractivity contribution in [3.8, 4) is 0 Å². The van der Waals surface area contributed by atoms with E-state index >= 15 is 0 Å². The van der Waals surface area contributed by atoms with Gasteiger partial charge in [0.25, 0.3) is 0 Å². The van der Waals surface area contributed by atoms with Gasteiger partial charge in [-0.15, -0.1) is 0 Å². The summed E-state index contributed by atoms with van der Waals surface area (Å²) in [6.07, 6.45) is 48.5. The maximum atomic E-state index is 12.5. The average molecular weight is 605 g/mol. The molecule has 0 fully saturated rings. The van der Waals surface area contributed by atoms with Crippen LogP contribution >= 0.6 is 0 Å². The Morgan fingerprint density at radius 2 is 0.605 bits per heavy atom. The van der Waals surface area contributed by atoms with Crippen molar-refractivity contribution in [3.63, 3.8) is 0 Å². The fourth-order valence-electron chi connectivity index (χ4n) is 6.60.